The predicted octanol–water partition coefficient (Wildman–Crippen LogP) is 6.66. The average molecular weight is 472 g/mol. The molecule has 0 saturated heterocycles. The molecule has 0 atom stereocenters. The van der Waals surface area contributed by atoms with Crippen LogP contribution in [-0.4, -0.2) is 17.1 Å². The molecule has 1 heterocycles. The van der Waals surface area contributed by atoms with Crippen LogP contribution in [0.4, 0.5) is 0 Å². The number of nitrogens with one attached hydrogen (secondary N) is 1. The van der Waals surface area contributed by atoms with Crippen molar-refractivity contribution in [2.24, 2.45) is 5.10 Å². The Bertz CT molecular complexity index is 1190. The van der Waals surface area contributed by atoms with Gasteiger partial charge in [0.15, 0.2) is 4.34 Å². The molecule has 0 aliphatic carbocycles. The van der Waals surface area contributed by atoms with Gasteiger partial charge in [0, 0.05) is 21.9 Å². The van der Waals surface area contributed by atoms with Crippen molar-refractivity contribution in [2.45, 2.75) is 10.1 Å². The van der Waals surface area contributed by atoms with E-state index in [2.05, 4.69) is 21.6 Å². The molecular weight excluding hydrogens is 457 g/mol. The van der Waals surface area contributed by atoms with Gasteiger partial charge in [0.05, 0.1) is 21.5 Å². The molecule has 4 nitrogen and oxygen atoms in total. The molecular formula is C22H15Cl2N3OS2. The van der Waals surface area contributed by atoms with Gasteiger partial charge in [-0.1, -0.05) is 65.3 Å². The summed E-state index contributed by atoms with van der Waals surface area (Å²) < 4.78 is 2.22. The van der Waals surface area contributed by atoms with Crippen LogP contribution in [0.15, 0.2) is 76.2 Å². The topological polar surface area (TPSA) is 54.4 Å². The Kier molecular flexibility index (Phi) is 6.69. The van der Waals surface area contributed by atoms with Crippen molar-refractivity contribution >= 4 is 68.6 Å². The number of hydrogen-bond donors (Lipinski definition) is 1. The molecule has 1 N–H and O–H groups in total. The highest BCUT2D eigenvalue weighted by Crippen LogP contribution is 2.31. The van der Waals surface area contributed by atoms with E-state index in [-0.39, 0.29) is 5.91 Å². The maximum absolute atomic E-state index is 12.3. The molecule has 4 rings (SSSR count). The van der Waals surface area contributed by atoms with Gasteiger partial charge in [0.2, 0.25) is 0 Å². The number of hydrazone groups is 1. The van der Waals surface area contributed by atoms with Crippen molar-refractivity contribution in [3.8, 4) is 0 Å². The fourth-order valence-corrected chi connectivity index (χ4v) is 5.12. The Hall–Kier alpha value is -2.38. The second kappa shape index (κ2) is 9.62. The number of carbonyl (C=O) groups excluding carboxylic acids is 1. The first kappa shape index (κ1) is 20.9. The summed E-state index contributed by atoms with van der Waals surface area (Å²) in [6, 6.07) is 20.6. The molecule has 150 valence electrons. The number of aromatic nitrogens is 1. The fourth-order valence-electron chi connectivity index (χ4n) is 2.64. The van der Waals surface area contributed by atoms with E-state index >= 15 is 0 Å². The van der Waals surface area contributed by atoms with E-state index < -0.39 is 0 Å². The summed E-state index contributed by atoms with van der Waals surface area (Å²) in [5.74, 6) is 0.497. The number of carbonyl (C=O) groups is 1. The number of para-hydroxylation sites is 1. The van der Waals surface area contributed by atoms with Crippen LogP contribution in [-0.2, 0) is 5.75 Å². The lowest BCUT2D eigenvalue weighted by atomic mass is 10.1. The van der Waals surface area contributed by atoms with E-state index in [0.29, 0.717) is 21.2 Å². The van der Waals surface area contributed by atoms with Gasteiger partial charge in [-0.15, -0.1) is 11.3 Å². The van der Waals surface area contributed by atoms with Crippen molar-refractivity contribution in [1.82, 2.24) is 10.4 Å². The van der Waals surface area contributed by atoms with E-state index in [1.165, 1.54) is 10.9 Å². The number of rotatable bonds is 6. The van der Waals surface area contributed by atoms with Gasteiger partial charge in [-0.3, -0.25) is 4.79 Å². The number of fused-ring (bicyclic) bond motifs is 1. The third-order valence-electron chi connectivity index (χ3n) is 4.18. The van der Waals surface area contributed by atoms with Crippen molar-refractivity contribution < 1.29 is 4.79 Å². The fraction of sp³-hybridized carbons (Fsp3) is 0.0455. The zero-order valence-corrected chi connectivity index (χ0v) is 18.7. The lowest BCUT2D eigenvalue weighted by Gasteiger charge is -2.03. The Balaban J connectivity index is 1.33. The van der Waals surface area contributed by atoms with Crippen molar-refractivity contribution in [2.75, 3.05) is 0 Å². The number of thioether (sulfide) groups is 1. The third-order valence-corrected chi connectivity index (χ3v) is 7.00. The summed E-state index contributed by atoms with van der Waals surface area (Å²) in [7, 11) is 0. The van der Waals surface area contributed by atoms with E-state index in [1.54, 1.807) is 53.4 Å². The highest BCUT2D eigenvalue weighted by atomic mass is 35.5. The maximum atomic E-state index is 12.3. The number of benzene rings is 3. The Morgan fingerprint density at radius 2 is 1.90 bits per heavy atom. The molecule has 0 fully saturated rings. The number of halogens is 2. The Labute approximate surface area is 191 Å². The van der Waals surface area contributed by atoms with Gasteiger partial charge >= 0.3 is 0 Å². The average Bonchev–Trinajstić information content (AvgIpc) is 3.17. The molecule has 0 bridgehead atoms. The normalized spacial score (nSPS) is 11.3. The van der Waals surface area contributed by atoms with Crippen LogP contribution in [0.2, 0.25) is 10.0 Å². The predicted molar refractivity (Wildman–Crippen MR) is 127 cm³/mol. The number of hydrogen-bond acceptors (Lipinski definition) is 5. The molecule has 8 heteroatoms. The Morgan fingerprint density at radius 3 is 2.67 bits per heavy atom. The number of thiazole rings is 1. The van der Waals surface area contributed by atoms with Crippen LogP contribution in [0.1, 0.15) is 21.5 Å². The lowest BCUT2D eigenvalue weighted by Crippen LogP contribution is -2.17. The zero-order valence-electron chi connectivity index (χ0n) is 15.5. The number of nitrogens with zero attached hydrogens (tertiary/aromatic N) is 2. The summed E-state index contributed by atoms with van der Waals surface area (Å²) in [5.41, 5.74) is 5.85. The minimum absolute atomic E-state index is 0.290. The van der Waals surface area contributed by atoms with Crippen molar-refractivity contribution in [3.63, 3.8) is 0 Å². The summed E-state index contributed by atoms with van der Waals surface area (Å²) in [5, 5.41) is 4.98. The molecule has 0 aliphatic heterocycles. The minimum atomic E-state index is -0.290. The van der Waals surface area contributed by atoms with E-state index in [9.17, 15) is 4.79 Å². The minimum Gasteiger partial charge on any atom is -0.267 e. The summed E-state index contributed by atoms with van der Waals surface area (Å²) in [6.45, 7) is 0. The van der Waals surface area contributed by atoms with Gasteiger partial charge in [-0.05, 0) is 42.0 Å². The van der Waals surface area contributed by atoms with Crippen LogP contribution < -0.4 is 5.43 Å². The van der Waals surface area contributed by atoms with Crippen molar-refractivity contribution in [1.29, 1.82) is 0 Å². The van der Waals surface area contributed by atoms with Crippen molar-refractivity contribution in [3.05, 3.63) is 93.5 Å². The second-order valence-corrected chi connectivity index (χ2v) is 9.39. The van der Waals surface area contributed by atoms with Gasteiger partial charge in [0.25, 0.3) is 5.91 Å². The van der Waals surface area contributed by atoms with Gasteiger partial charge < -0.3 is 0 Å². The molecule has 3 aromatic carbocycles. The highest BCUT2D eigenvalue weighted by Gasteiger charge is 2.07. The maximum Gasteiger partial charge on any atom is 0.271 e. The molecule has 0 spiro atoms. The smallest absolute Gasteiger partial charge is 0.267 e. The van der Waals surface area contributed by atoms with E-state index in [4.69, 9.17) is 23.2 Å². The lowest BCUT2D eigenvalue weighted by molar-refractivity contribution is 0.0955. The third kappa shape index (κ3) is 5.21. The second-order valence-electron chi connectivity index (χ2n) is 6.30. The summed E-state index contributed by atoms with van der Waals surface area (Å²) in [6.07, 6.45) is 1.49. The van der Waals surface area contributed by atoms with Gasteiger partial charge in [-0.25, -0.2) is 10.4 Å². The number of amides is 1. The largest absolute Gasteiger partial charge is 0.271 e. The molecule has 1 amide bonds. The summed E-state index contributed by atoms with van der Waals surface area (Å²) >= 11 is 15.3. The Morgan fingerprint density at radius 1 is 1.10 bits per heavy atom. The molecule has 0 aliphatic rings. The molecule has 0 unspecified atom stereocenters. The van der Waals surface area contributed by atoms with E-state index in [1.807, 2.05) is 30.3 Å². The van der Waals surface area contributed by atoms with Gasteiger partial charge in [-0.2, -0.15) is 5.10 Å². The van der Waals surface area contributed by atoms with Crippen LogP contribution >= 0.6 is 46.3 Å². The van der Waals surface area contributed by atoms with Gasteiger partial charge in [0.1, 0.15) is 0 Å². The standard InChI is InChI=1S/C22H15Cl2N3OS2/c23-17-10-9-16(18(24)11-17)12-25-27-21(28)15-7-5-14(6-8-15)13-29-22-26-19-3-1-2-4-20(19)30-22/h1-12H,13H2,(H,27,28). The quantitative estimate of drug-likeness (QED) is 0.194. The molecule has 4 aromatic rings. The first-order valence-corrected chi connectivity index (χ1v) is 11.5. The highest BCUT2D eigenvalue weighted by molar-refractivity contribution is 8.00. The molecule has 0 saturated carbocycles. The molecule has 30 heavy (non-hydrogen) atoms. The first-order valence-electron chi connectivity index (χ1n) is 8.94. The van der Waals surface area contributed by atoms with Crippen LogP contribution in [0, 0.1) is 0 Å². The van der Waals surface area contributed by atoms with Crippen LogP contribution in [0.25, 0.3) is 10.2 Å². The monoisotopic (exact) mass is 471 g/mol. The first-order chi connectivity index (χ1) is 14.6. The van der Waals surface area contributed by atoms with Crippen LogP contribution in [0.3, 0.4) is 0 Å². The zero-order chi connectivity index (χ0) is 20.9. The van der Waals surface area contributed by atoms with Crippen LogP contribution in [0.5, 0.6) is 0 Å². The SMILES string of the molecule is O=C(NN=Cc1ccc(Cl)cc1Cl)c1ccc(CSc2nc3ccccc3s2)cc1. The molecule has 0 radical (unpaired) electrons. The molecule has 1 aromatic heterocycles. The summed E-state index contributed by atoms with van der Waals surface area (Å²) in [4.78, 5) is 16.9. The van der Waals surface area contributed by atoms with E-state index in [0.717, 1.165) is 21.2 Å².